The van der Waals surface area contributed by atoms with E-state index in [1.165, 1.54) is 31.3 Å². The lowest BCUT2D eigenvalue weighted by molar-refractivity contribution is 0.308. The van der Waals surface area contributed by atoms with Gasteiger partial charge in [-0.1, -0.05) is 52.0 Å². The van der Waals surface area contributed by atoms with Crippen LogP contribution in [0.2, 0.25) is 0 Å². The van der Waals surface area contributed by atoms with Gasteiger partial charge in [0.05, 0.1) is 5.71 Å². The topological polar surface area (TPSA) is 15.6 Å². The van der Waals surface area contributed by atoms with Gasteiger partial charge in [0.1, 0.15) is 5.82 Å². The summed E-state index contributed by atoms with van der Waals surface area (Å²) in [7, 11) is 0. The molecule has 0 unspecified atom stereocenters. The summed E-state index contributed by atoms with van der Waals surface area (Å²) >= 11 is 0. The van der Waals surface area contributed by atoms with Crippen LogP contribution in [0, 0.1) is 30.1 Å². The summed E-state index contributed by atoms with van der Waals surface area (Å²) in [6.07, 6.45) is 19.9. The fourth-order valence-electron chi connectivity index (χ4n) is 3.78. The molecule has 1 saturated carbocycles. The van der Waals surface area contributed by atoms with Crippen molar-refractivity contribution in [3.05, 3.63) is 48.6 Å². The zero-order chi connectivity index (χ0) is 19.1. The van der Waals surface area contributed by atoms with E-state index in [1.54, 1.807) is 0 Å². The van der Waals surface area contributed by atoms with Crippen molar-refractivity contribution >= 4 is 5.71 Å². The highest BCUT2D eigenvalue weighted by Crippen LogP contribution is 2.34. The molecule has 0 aromatic rings. The predicted molar refractivity (Wildman–Crippen MR) is 113 cm³/mol. The van der Waals surface area contributed by atoms with Crippen molar-refractivity contribution in [1.82, 2.24) is 4.90 Å². The van der Waals surface area contributed by atoms with E-state index in [2.05, 4.69) is 57.1 Å². The third kappa shape index (κ3) is 5.24. The van der Waals surface area contributed by atoms with Gasteiger partial charge in [-0.15, -0.1) is 12.3 Å². The van der Waals surface area contributed by atoms with Gasteiger partial charge in [0.15, 0.2) is 0 Å². The minimum atomic E-state index is 0.490. The first-order valence-corrected chi connectivity index (χ1v) is 10.0. The van der Waals surface area contributed by atoms with Crippen molar-refractivity contribution < 1.29 is 0 Å². The van der Waals surface area contributed by atoms with E-state index in [4.69, 9.17) is 11.4 Å². The van der Waals surface area contributed by atoms with Crippen molar-refractivity contribution in [2.45, 2.75) is 65.7 Å². The third-order valence-corrected chi connectivity index (χ3v) is 5.53. The van der Waals surface area contributed by atoms with Gasteiger partial charge >= 0.3 is 0 Å². The Hall–Kier alpha value is -2.01. The molecule has 140 valence electrons. The molecule has 0 aromatic carbocycles. The molecule has 1 aliphatic carbocycles. The van der Waals surface area contributed by atoms with Gasteiger partial charge < -0.3 is 4.90 Å². The second-order valence-electron chi connectivity index (χ2n) is 7.87. The van der Waals surface area contributed by atoms with Crippen molar-refractivity contribution in [3.63, 3.8) is 0 Å². The summed E-state index contributed by atoms with van der Waals surface area (Å²) in [4.78, 5) is 6.81. The SMILES string of the molecule is C#CC1CCC(C/C(=C/N2C=C(C=C)C(CCC)=NC2=C)C(C)C)CC1. The van der Waals surface area contributed by atoms with E-state index >= 15 is 0 Å². The Morgan fingerprint density at radius 3 is 2.62 bits per heavy atom. The zero-order valence-electron chi connectivity index (χ0n) is 16.8. The zero-order valence-corrected chi connectivity index (χ0v) is 16.8. The summed E-state index contributed by atoms with van der Waals surface area (Å²) in [5.41, 5.74) is 3.66. The van der Waals surface area contributed by atoms with Gasteiger partial charge in [0, 0.05) is 23.9 Å². The maximum atomic E-state index is 5.59. The van der Waals surface area contributed by atoms with Gasteiger partial charge in [-0.25, -0.2) is 4.99 Å². The largest absolute Gasteiger partial charge is 0.309 e. The lowest BCUT2D eigenvalue weighted by Crippen LogP contribution is -2.20. The second-order valence-corrected chi connectivity index (χ2v) is 7.87. The van der Waals surface area contributed by atoms with Gasteiger partial charge in [-0.2, -0.15) is 0 Å². The van der Waals surface area contributed by atoms with Crippen molar-refractivity contribution in [3.8, 4) is 12.3 Å². The number of allylic oxidation sites excluding steroid dienone is 3. The molecule has 2 nitrogen and oxygen atoms in total. The first-order chi connectivity index (χ1) is 12.5. The summed E-state index contributed by atoms with van der Waals surface area (Å²) in [5.74, 6) is 5.47. The Labute approximate surface area is 160 Å². The van der Waals surface area contributed by atoms with E-state index in [0.29, 0.717) is 11.8 Å². The predicted octanol–water partition coefficient (Wildman–Crippen LogP) is 6.45. The quantitative estimate of drug-likeness (QED) is 0.481. The van der Waals surface area contributed by atoms with Gasteiger partial charge in [0.2, 0.25) is 0 Å². The molecule has 1 heterocycles. The molecule has 0 atom stereocenters. The summed E-state index contributed by atoms with van der Waals surface area (Å²) < 4.78 is 0. The Balaban J connectivity index is 2.13. The molecule has 1 fully saturated rings. The summed E-state index contributed by atoms with van der Waals surface area (Å²) in [5, 5.41) is 0. The normalized spacial score (nSPS) is 24.2. The number of aliphatic imine (C=N–C) groups is 1. The lowest BCUT2D eigenvalue weighted by Gasteiger charge is -2.29. The van der Waals surface area contributed by atoms with E-state index in [-0.39, 0.29) is 0 Å². The Kier molecular flexibility index (Phi) is 7.51. The molecule has 1 aliphatic heterocycles. The Morgan fingerprint density at radius 1 is 1.38 bits per heavy atom. The molecule has 0 aromatic heterocycles. The molecule has 0 spiro atoms. The highest BCUT2D eigenvalue weighted by Gasteiger charge is 2.22. The molecule has 26 heavy (non-hydrogen) atoms. The van der Waals surface area contributed by atoms with Crippen LogP contribution >= 0.6 is 0 Å². The maximum Gasteiger partial charge on any atom is 0.129 e. The lowest BCUT2D eigenvalue weighted by atomic mass is 9.78. The Morgan fingerprint density at radius 2 is 2.08 bits per heavy atom. The van der Waals surface area contributed by atoms with E-state index in [1.807, 2.05) is 6.08 Å². The van der Waals surface area contributed by atoms with Crippen LogP contribution in [-0.2, 0) is 0 Å². The van der Waals surface area contributed by atoms with Crippen LogP contribution in [0.4, 0.5) is 0 Å². The van der Waals surface area contributed by atoms with E-state index in [9.17, 15) is 0 Å². The van der Waals surface area contributed by atoms with Crippen LogP contribution in [0.25, 0.3) is 0 Å². The summed E-state index contributed by atoms with van der Waals surface area (Å²) in [6, 6.07) is 0. The monoisotopic (exact) mass is 350 g/mol. The number of nitrogens with zero attached hydrogens (tertiary/aromatic N) is 2. The van der Waals surface area contributed by atoms with E-state index in [0.717, 1.165) is 42.3 Å². The molecule has 0 saturated heterocycles. The first-order valence-electron chi connectivity index (χ1n) is 10.0. The van der Waals surface area contributed by atoms with Gasteiger partial charge in [-0.05, 0) is 50.4 Å². The smallest absolute Gasteiger partial charge is 0.129 e. The molecule has 0 radical (unpaired) electrons. The number of hydrogen-bond donors (Lipinski definition) is 0. The van der Waals surface area contributed by atoms with Crippen LogP contribution in [0.3, 0.4) is 0 Å². The number of terminal acetylenes is 1. The van der Waals surface area contributed by atoms with Gasteiger partial charge in [0.25, 0.3) is 0 Å². The molecule has 0 amide bonds. The molecule has 0 N–H and O–H groups in total. The van der Waals surface area contributed by atoms with Crippen LogP contribution in [0.15, 0.2) is 53.6 Å². The molecule has 2 heteroatoms. The maximum absolute atomic E-state index is 5.59. The van der Waals surface area contributed by atoms with E-state index < -0.39 is 0 Å². The first kappa shape index (κ1) is 20.3. The van der Waals surface area contributed by atoms with Crippen LogP contribution in [0.5, 0.6) is 0 Å². The van der Waals surface area contributed by atoms with Crippen molar-refractivity contribution in [2.75, 3.05) is 0 Å². The average Bonchev–Trinajstić information content (AvgIpc) is 2.63. The summed E-state index contributed by atoms with van der Waals surface area (Å²) in [6.45, 7) is 14.8. The number of rotatable bonds is 7. The fraction of sp³-hybridized carbons (Fsp3) is 0.542. The molecule has 2 rings (SSSR count). The molecular weight excluding hydrogens is 316 g/mol. The minimum Gasteiger partial charge on any atom is -0.309 e. The highest BCUT2D eigenvalue weighted by molar-refractivity contribution is 6.03. The van der Waals surface area contributed by atoms with Gasteiger partial charge in [-0.3, -0.25) is 0 Å². The van der Waals surface area contributed by atoms with Crippen LogP contribution in [-0.4, -0.2) is 10.6 Å². The molecule has 0 bridgehead atoms. The van der Waals surface area contributed by atoms with Crippen LogP contribution in [0.1, 0.15) is 65.7 Å². The Bertz CT molecular complexity index is 646. The van der Waals surface area contributed by atoms with Crippen molar-refractivity contribution in [1.29, 1.82) is 0 Å². The minimum absolute atomic E-state index is 0.490. The molecule has 2 aliphatic rings. The average molecular weight is 351 g/mol. The molecular formula is C24H34N2. The highest BCUT2D eigenvalue weighted by atomic mass is 15.2. The third-order valence-electron chi connectivity index (χ3n) is 5.53. The number of hydrogen-bond acceptors (Lipinski definition) is 2. The van der Waals surface area contributed by atoms with Crippen LogP contribution < -0.4 is 0 Å². The van der Waals surface area contributed by atoms with Crippen molar-refractivity contribution in [2.24, 2.45) is 22.7 Å². The fourth-order valence-corrected chi connectivity index (χ4v) is 3.78. The standard InChI is InChI=1S/C24H34N2/c1-7-10-24-22(9-3)16-26(19(6)25-24)17-23(18(4)5)15-21-13-11-20(8-2)12-14-21/h2,9,16-18,20-21H,3,6-7,10-15H2,1,4-5H3/b23-17-. The second kappa shape index (κ2) is 9.62.